The molecule has 1 aliphatic rings. The number of methoxy groups -OCH3 is 1. The number of H-pyrrole nitrogens is 1. The number of hydrogen-bond donors (Lipinski definition) is 7. The number of aliphatic hydroxyl groups excluding tert-OH is 1. The molecule has 7 N–H and O–H groups in total. The lowest BCUT2D eigenvalue weighted by molar-refractivity contribution is -0.265. The van der Waals surface area contributed by atoms with Crippen LogP contribution in [0.2, 0.25) is 0 Å². The first kappa shape index (κ1) is 27.2. The van der Waals surface area contributed by atoms with E-state index in [2.05, 4.69) is 13.1 Å². The SMILES string of the molecule is CO[C@@]1(O)[C@H](O)[C@@H](COP(=O)(O)OP(=O)(O)OP(=O)(O)O)O[C@H]1n1cc(C)c(=O)[nH]c1=O. The van der Waals surface area contributed by atoms with Crippen molar-refractivity contribution in [2.24, 2.45) is 0 Å². The van der Waals surface area contributed by atoms with Gasteiger partial charge in [0.25, 0.3) is 5.56 Å². The molecule has 184 valence electrons. The lowest BCUT2D eigenvalue weighted by Gasteiger charge is -2.30. The van der Waals surface area contributed by atoms with Crippen molar-refractivity contribution in [3.8, 4) is 0 Å². The predicted octanol–water partition coefficient (Wildman–Crippen LogP) is -2.22. The highest BCUT2D eigenvalue weighted by Gasteiger charge is 2.58. The number of phosphoric ester groups is 1. The Kier molecular flexibility index (Phi) is 7.89. The molecule has 0 aliphatic carbocycles. The summed E-state index contributed by atoms with van der Waals surface area (Å²) in [6.07, 6.45) is -4.61. The highest BCUT2D eigenvalue weighted by Crippen LogP contribution is 2.66. The molecule has 18 nitrogen and oxygen atoms in total. The summed E-state index contributed by atoms with van der Waals surface area (Å²) in [5.74, 6) is -2.64. The van der Waals surface area contributed by atoms with E-state index < -0.39 is 65.5 Å². The average molecular weight is 528 g/mol. The monoisotopic (exact) mass is 528 g/mol. The molecule has 1 saturated heterocycles. The zero-order valence-corrected chi connectivity index (χ0v) is 18.8. The fourth-order valence-electron chi connectivity index (χ4n) is 2.60. The van der Waals surface area contributed by atoms with Crippen LogP contribution in [0.1, 0.15) is 11.8 Å². The zero-order chi connectivity index (χ0) is 24.7. The van der Waals surface area contributed by atoms with E-state index in [1.165, 1.54) is 6.92 Å². The smallest absolute Gasteiger partial charge is 0.384 e. The van der Waals surface area contributed by atoms with Crippen LogP contribution >= 0.6 is 23.5 Å². The number of nitrogens with zero attached hydrogens (tertiary/aromatic N) is 1. The number of aromatic nitrogens is 2. The van der Waals surface area contributed by atoms with Gasteiger partial charge >= 0.3 is 29.2 Å². The fraction of sp³-hybridized carbons (Fsp3) is 0.636. The van der Waals surface area contributed by atoms with Gasteiger partial charge in [0.05, 0.1) is 6.61 Å². The Morgan fingerprint density at radius 2 is 1.75 bits per heavy atom. The molecule has 1 aromatic heterocycles. The largest absolute Gasteiger partial charge is 0.490 e. The van der Waals surface area contributed by atoms with E-state index in [0.29, 0.717) is 4.57 Å². The van der Waals surface area contributed by atoms with Gasteiger partial charge in [0.15, 0.2) is 6.23 Å². The minimum atomic E-state index is -5.78. The van der Waals surface area contributed by atoms with Crippen LogP contribution < -0.4 is 11.2 Å². The van der Waals surface area contributed by atoms with Gasteiger partial charge in [-0.15, -0.1) is 0 Å². The first-order valence-corrected chi connectivity index (χ1v) is 12.6. The van der Waals surface area contributed by atoms with Crippen LogP contribution in [0, 0.1) is 6.92 Å². The van der Waals surface area contributed by atoms with Gasteiger partial charge in [-0.3, -0.25) is 18.9 Å². The normalized spacial score (nSPS) is 30.1. The van der Waals surface area contributed by atoms with Crippen LogP contribution in [-0.2, 0) is 36.3 Å². The molecule has 21 heteroatoms. The lowest BCUT2D eigenvalue weighted by atomic mass is 10.1. The quantitative estimate of drug-likeness (QED) is 0.132. The molecular weight excluding hydrogens is 509 g/mol. The maximum atomic E-state index is 12.1. The van der Waals surface area contributed by atoms with Crippen molar-refractivity contribution in [1.82, 2.24) is 9.55 Å². The summed E-state index contributed by atoms with van der Waals surface area (Å²) in [4.78, 5) is 61.1. The van der Waals surface area contributed by atoms with E-state index in [9.17, 15) is 38.4 Å². The van der Waals surface area contributed by atoms with E-state index in [-0.39, 0.29) is 5.56 Å². The summed E-state index contributed by atoms with van der Waals surface area (Å²) >= 11 is 0. The summed E-state index contributed by atoms with van der Waals surface area (Å²) in [6, 6.07) is 0. The Bertz CT molecular complexity index is 1110. The Morgan fingerprint density at radius 3 is 2.28 bits per heavy atom. The third-order valence-electron chi connectivity index (χ3n) is 3.98. The van der Waals surface area contributed by atoms with Crippen LogP contribution in [0.4, 0.5) is 0 Å². The molecule has 0 radical (unpaired) electrons. The maximum absolute atomic E-state index is 12.1. The number of hydrogen-bond acceptors (Lipinski definition) is 12. The van der Waals surface area contributed by atoms with E-state index in [0.717, 1.165) is 13.3 Å². The van der Waals surface area contributed by atoms with Crippen LogP contribution in [0.5, 0.6) is 0 Å². The number of nitrogens with one attached hydrogen (secondary N) is 1. The van der Waals surface area contributed by atoms with Gasteiger partial charge in [-0.25, -0.2) is 18.5 Å². The molecule has 2 heterocycles. The van der Waals surface area contributed by atoms with E-state index in [1.807, 2.05) is 4.98 Å². The Hall–Kier alpha value is -1.07. The van der Waals surface area contributed by atoms with Crippen molar-refractivity contribution in [2.45, 2.75) is 31.1 Å². The molecule has 0 spiro atoms. The second kappa shape index (κ2) is 9.29. The standard InChI is InChI=1S/C11H19N2O16P3/c1-5-3-13(10(16)12-8(5)15)9-11(17,25-2)7(14)6(27-9)4-26-31(21,22)29-32(23,24)28-30(18,19)20/h3,6-7,9,14,17H,4H2,1-2H3,(H,21,22)(H,23,24)(H,12,15,16)(H2,18,19,20)/t6-,7-,9-,11+/m1/s1. The number of aryl methyl sites for hydroxylation is 1. The highest BCUT2D eigenvalue weighted by atomic mass is 31.3. The summed E-state index contributed by atoms with van der Waals surface area (Å²) in [6.45, 7) is 0.183. The Labute approximate surface area is 177 Å². The van der Waals surface area contributed by atoms with E-state index in [1.54, 1.807) is 0 Å². The molecule has 0 saturated carbocycles. The molecule has 1 aliphatic heterocycles. The van der Waals surface area contributed by atoms with Crippen molar-refractivity contribution in [1.29, 1.82) is 0 Å². The van der Waals surface area contributed by atoms with Gasteiger partial charge in [0.1, 0.15) is 12.2 Å². The number of aliphatic hydroxyl groups is 2. The van der Waals surface area contributed by atoms with Gasteiger partial charge in [0, 0.05) is 18.9 Å². The summed E-state index contributed by atoms with van der Waals surface area (Å²) in [5.41, 5.74) is -1.80. The third kappa shape index (κ3) is 6.28. The molecule has 32 heavy (non-hydrogen) atoms. The second-order valence-electron chi connectivity index (χ2n) is 6.29. The zero-order valence-electron chi connectivity index (χ0n) is 16.1. The molecule has 0 bridgehead atoms. The molecule has 0 aromatic carbocycles. The van der Waals surface area contributed by atoms with Gasteiger partial charge in [-0.2, -0.15) is 8.62 Å². The Balaban J connectivity index is 2.22. The van der Waals surface area contributed by atoms with Gasteiger partial charge in [0.2, 0.25) is 5.79 Å². The molecular formula is C11H19N2O16P3. The first-order valence-electron chi connectivity index (χ1n) is 8.12. The van der Waals surface area contributed by atoms with Crippen molar-refractivity contribution < 1.29 is 66.1 Å². The highest BCUT2D eigenvalue weighted by molar-refractivity contribution is 7.66. The average Bonchev–Trinajstić information content (AvgIpc) is 2.85. The minimum absolute atomic E-state index is 0.0119. The molecule has 1 fully saturated rings. The predicted molar refractivity (Wildman–Crippen MR) is 97.8 cm³/mol. The second-order valence-corrected chi connectivity index (χ2v) is 10.7. The summed E-state index contributed by atoms with van der Waals surface area (Å²) < 4.78 is 55.9. The van der Waals surface area contributed by atoms with Crippen molar-refractivity contribution in [3.05, 3.63) is 32.6 Å². The van der Waals surface area contributed by atoms with Crippen LogP contribution in [-0.4, -0.2) is 71.0 Å². The van der Waals surface area contributed by atoms with Crippen LogP contribution in [0.25, 0.3) is 0 Å². The van der Waals surface area contributed by atoms with Crippen molar-refractivity contribution in [2.75, 3.05) is 13.7 Å². The number of rotatable bonds is 9. The third-order valence-corrected chi connectivity index (χ3v) is 7.78. The van der Waals surface area contributed by atoms with Gasteiger partial charge in [-0.05, 0) is 6.92 Å². The number of phosphoric acid groups is 3. The number of aromatic amines is 1. The first-order chi connectivity index (χ1) is 14.4. The maximum Gasteiger partial charge on any atom is 0.490 e. The Morgan fingerprint density at radius 1 is 1.16 bits per heavy atom. The van der Waals surface area contributed by atoms with E-state index in [4.69, 9.17) is 24.2 Å². The minimum Gasteiger partial charge on any atom is -0.384 e. The molecule has 6 atom stereocenters. The molecule has 0 amide bonds. The van der Waals surface area contributed by atoms with Crippen LogP contribution in [0.3, 0.4) is 0 Å². The van der Waals surface area contributed by atoms with Crippen molar-refractivity contribution in [3.63, 3.8) is 0 Å². The van der Waals surface area contributed by atoms with E-state index >= 15 is 0 Å². The number of ether oxygens (including phenoxy) is 2. The topological polar surface area (TPSA) is 274 Å². The van der Waals surface area contributed by atoms with Crippen LogP contribution in [0.15, 0.2) is 15.8 Å². The molecule has 2 unspecified atom stereocenters. The summed E-state index contributed by atoms with van der Waals surface area (Å²) in [5, 5.41) is 20.9. The van der Waals surface area contributed by atoms with Crippen molar-refractivity contribution >= 4 is 23.5 Å². The summed E-state index contributed by atoms with van der Waals surface area (Å²) in [7, 11) is -16.0. The molecule has 1 aromatic rings. The fourth-order valence-corrected chi connectivity index (χ4v) is 5.63. The van der Waals surface area contributed by atoms with Gasteiger partial charge in [-0.1, -0.05) is 0 Å². The van der Waals surface area contributed by atoms with Gasteiger partial charge < -0.3 is 39.3 Å². The molecule has 2 rings (SSSR count). The lowest BCUT2D eigenvalue weighted by Crippen LogP contribution is -2.50.